The van der Waals surface area contributed by atoms with E-state index in [9.17, 15) is 4.79 Å². The van der Waals surface area contributed by atoms with E-state index in [4.69, 9.17) is 4.74 Å². The Balaban J connectivity index is 1.27. The molecule has 0 aliphatic rings. The Morgan fingerprint density at radius 3 is 2.39 bits per heavy atom. The second-order valence-corrected chi connectivity index (χ2v) is 7.62. The molecule has 0 spiro atoms. The fraction of sp³-hybridized carbons (Fsp3) is 0.0769. The van der Waals surface area contributed by atoms with E-state index in [1.807, 2.05) is 66.9 Å². The average Bonchev–Trinajstić information content (AvgIpc) is 3.18. The summed E-state index contributed by atoms with van der Waals surface area (Å²) < 4.78 is 7.67. The van der Waals surface area contributed by atoms with Gasteiger partial charge in [0.2, 0.25) is 5.88 Å². The SMILES string of the molecule is Cc1ncn(-c2ccc(Oc3ccc(NC(=O)c4cccc5ccccc45)cc3)nn2)c1C. The molecule has 0 atom stereocenters. The van der Waals surface area contributed by atoms with Gasteiger partial charge in [-0.15, -0.1) is 10.2 Å². The summed E-state index contributed by atoms with van der Waals surface area (Å²) in [6.07, 6.45) is 1.72. The Hall–Kier alpha value is -4.52. The molecular weight excluding hydrogens is 414 g/mol. The van der Waals surface area contributed by atoms with E-state index in [0.29, 0.717) is 28.7 Å². The molecule has 2 aromatic heterocycles. The number of ether oxygens (including phenoxy) is 1. The summed E-state index contributed by atoms with van der Waals surface area (Å²) in [6.45, 7) is 3.93. The first-order valence-electron chi connectivity index (χ1n) is 10.5. The van der Waals surface area contributed by atoms with Gasteiger partial charge in [0.15, 0.2) is 5.82 Å². The number of imidazole rings is 1. The number of hydrogen-bond donors (Lipinski definition) is 1. The highest BCUT2D eigenvalue weighted by atomic mass is 16.5. The van der Waals surface area contributed by atoms with Crippen molar-refractivity contribution < 1.29 is 9.53 Å². The highest BCUT2D eigenvalue weighted by Crippen LogP contribution is 2.24. The molecule has 0 aliphatic carbocycles. The first-order valence-corrected chi connectivity index (χ1v) is 10.5. The molecule has 33 heavy (non-hydrogen) atoms. The van der Waals surface area contributed by atoms with Gasteiger partial charge in [-0.05, 0) is 61.0 Å². The first kappa shape index (κ1) is 20.4. The van der Waals surface area contributed by atoms with Crippen molar-refractivity contribution in [1.82, 2.24) is 19.7 Å². The minimum Gasteiger partial charge on any atom is -0.438 e. The molecular formula is C26H21N5O2. The molecule has 2 heterocycles. The van der Waals surface area contributed by atoms with Crippen molar-refractivity contribution in [3.63, 3.8) is 0 Å². The van der Waals surface area contributed by atoms with Crippen LogP contribution in [0.5, 0.6) is 11.6 Å². The second kappa shape index (κ2) is 8.55. The fourth-order valence-corrected chi connectivity index (χ4v) is 3.57. The topological polar surface area (TPSA) is 81.9 Å². The summed E-state index contributed by atoms with van der Waals surface area (Å²) >= 11 is 0. The largest absolute Gasteiger partial charge is 0.438 e. The highest BCUT2D eigenvalue weighted by molar-refractivity contribution is 6.12. The van der Waals surface area contributed by atoms with Gasteiger partial charge in [-0.2, -0.15) is 0 Å². The molecule has 0 unspecified atom stereocenters. The van der Waals surface area contributed by atoms with Gasteiger partial charge in [-0.25, -0.2) is 4.98 Å². The van der Waals surface area contributed by atoms with Crippen LogP contribution in [0.25, 0.3) is 16.6 Å². The molecule has 1 N–H and O–H groups in total. The van der Waals surface area contributed by atoms with Crippen LogP contribution < -0.4 is 10.1 Å². The van der Waals surface area contributed by atoms with Crippen LogP contribution >= 0.6 is 0 Å². The van der Waals surface area contributed by atoms with E-state index < -0.39 is 0 Å². The van der Waals surface area contributed by atoms with E-state index >= 15 is 0 Å². The molecule has 0 aliphatic heterocycles. The molecule has 3 aromatic carbocycles. The monoisotopic (exact) mass is 435 g/mol. The van der Waals surface area contributed by atoms with Gasteiger partial charge in [0.1, 0.15) is 12.1 Å². The van der Waals surface area contributed by atoms with Crippen LogP contribution in [-0.2, 0) is 0 Å². The van der Waals surface area contributed by atoms with Gasteiger partial charge in [0.05, 0.1) is 5.69 Å². The number of carbonyl (C=O) groups excluding carboxylic acids is 1. The maximum atomic E-state index is 12.8. The van der Waals surface area contributed by atoms with Crippen molar-refractivity contribution in [3.05, 3.63) is 102 Å². The van der Waals surface area contributed by atoms with E-state index in [1.165, 1.54) is 0 Å². The van der Waals surface area contributed by atoms with Crippen LogP contribution in [0.3, 0.4) is 0 Å². The third-order valence-electron chi connectivity index (χ3n) is 5.49. The molecule has 7 nitrogen and oxygen atoms in total. The van der Waals surface area contributed by atoms with Crippen molar-refractivity contribution in [2.45, 2.75) is 13.8 Å². The minimum absolute atomic E-state index is 0.160. The number of carbonyl (C=O) groups is 1. The molecule has 7 heteroatoms. The minimum atomic E-state index is -0.160. The molecule has 0 fully saturated rings. The summed E-state index contributed by atoms with van der Waals surface area (Å²) in [4.78, 5) is 17.1. The Bertz CT molecular complexity index is 1440. The predicted octanol–water partition coefficient (Wildman–Crippen LogP) is 5.48. The molecule has 5 aromatic rings. The summed E-state index contributed by atoms with van der Waals surface area (Å²) in [5.74, 6) is 1.48. The summed E-state index contributed by atoms with van der Waals surface area (Å²) in [7, 11) is 0. The summed E-state index contributed by atoms with van der Waals surface area (Å²) in [5, 5.41) is 13.3. The third-order valence-corrected chi connectivity index (χ3v) is 5.49. The van der Waals surface area contributed by atoms with Crippen LogP contribution in [-0.4, -0.2) is 25.7 Å². The zero-order chi connectivity index (χ0) is 22.8. The van der Waals surface area contributed by atoms with Crippen molar-refractivity contribution in [1.29, 1.82) is 0 Å². The number of nitrogens with one attached hydrogen (secondary N) is 1. The second-order valence-electron chi connectivity index (χ2n) is 7.62. The maximum absolute atomic E-state index is 12.8. The van der Waals surface area contributed by atoms with Crippen LogP contribution in [0.1, 0.15) is 21.7 Å². The number of fused-ring (bicyclic) bond motifs is 1. The number of aromatic nitrogens is 4. The fourth-order valence-electron chi connectivity index (χ4n) is 3.57. The number of aryl methyl sites for hydroxylation is 1. The van der Waals surface area contributed by atoms with Gasteiger partial charge in [0.25, 0.3) is 5.91 Å². The summed E-state index contributed by atoms with van der Waals surface area (Å²) in [6, 6.07) is 24.2. The van der Waals surface area contributed by atoms with Crippen molar-refractivity contribution in [2.75, 3.05) is 5.32 Å². The van der Waals surface area contributed by atoms with Crippen molar-refractivity contribution in [2.24, 2.45) is 0 Å². The predicted molar refractivity (Wildman–Crippen MR) is 127 cm³/mol. The Labute approximate surface area is 190 Å². The van der Waals surface area contributed by atoms with Crippen LogP contribution in [0.15, 0.2) is 85.2 Å². The van der Waals surface area contributed by atoms with E-state index in [1.54, 1.807) is 36.7 Å². The lowest BCUT2D eigenvalue weighted by molar-refractivity contribution is 0.102. The van der Waals surface area contributed by atoms with Crippen LogP contribution in [0, 0.1) is 13.8 Å². The number of hydrogen-bond acceptors (Lipinski definition) is 5. The van der Waals surface area contributed by atoms with Gasteiger partial charge in [-0.1, -0.05) is 36.4 Å². The normalized spacial score (nSPS) is 10.8. The third kappa shape index (κ3) is 4.16. The molecule has 0 saturated heterocycles. The van der Waals surface area contributed by atoms with Crippen LogP contribution in [0.2, 0.25) is 0 Å². The van der Waals surface area contributed by atoms with E-state index in [2.05, 4.69) is 20.5 Å². The molecule has 0 bridgehead atoms. The Morgan fingerprint density at radius 1 is 0.879 bits per heavy atom. The first-order chi connectivity index (χ1) is 16.1. The quantitative estimate of drug-likeness (QED) is 0.395. The molecule has 1 amide bonds. The number of nitrogens with zero attached hydrogens (tertiary/aromatic N) is 4. The molecule has 0 saturated carbocycles. The lowest BCUT2D eigenvalue weighted by Gasteiger charge is -2.09. The van der Waals surface area contributed by atoms with Gasteiger partial charge < -0.3 is 10.1 Å². The van der Waals surface area contributed by atoms with Crippen molar-refractivity contribution >= 4 is 22.4 Å². The van der Waals surface area contributed by atoms with Crippen LogP contribution in [0.4, 0.5) is 5.69 Å². The Kier molecular flexibility index (Phi) is 5.28. The lowest BCUT2D eigenvalue weighted by Crippen LogP contribution is -2.12. The van der Waals surface area contributed by atoms with E-state index in [-0.39, 0.29) is 5.91 Å². The van der Waals surface area contributed by atoms with Crippen molar-refractivity contribution in [3.8, 4) is 17.4 Å². The maximum Gasteiger partial charge on any atom is 0.256 e. The smallest absolute Gasteiger partial charge is 0.256 e. The number of anilines is 1. The highest BCUT2D eigenvalue weighted by Gasteiger charge is 2.11. The standard InChI is InChI=1S/C26H21N5O2/c1-17-18(2)31(16-27-17)24-14-15-25(30-29-24)33-21-12-10-20(11-13-21)28-26(32)23-9-5-7-19-6-3-4-8-22(19)23/h3-16H,1-2H3,(H,28,32). The molecule has 0 radical (unpaired) electrons. The summed E-state index contributed by atoms with van der Waals surface area (Å²) in [5.41, 5.74) is 3.27. The average molecular weight is 435 g/mol. The zero-order valence-corrected chi connectivity index (χ0v) is 18.2. The number of benzene rings is 3. The number of rotatable bonds is 5. The van der Waals surface area contributed by atoms with Gasteiger partial charge in [-0.3, -0.25) is 9.36 Å². The van der Waals surface area contributed by atoms with Gasteiger partial charge in [0, 0.05) is 23.0 Å². The number of amides is 1. The molecule has 162 valence electrons. The van der Waals surface area contributed by atoms with E-state index in [0.717, 1.165) is 22.2 Å². The molecule has 5 rings (SSSR count). The lowest BCUT2D eigenvalue weighted by atomic mass is 10.0. The van der Waals surface area contributed by atoms with Gasteiger partial charge >= 0.3 is 0 Å². The zero-order valence-electron chi connectivity index (χ0n) is 18.2. The Morgan fingerprint density at radius 2 is 1.67 bits per heavy atom.